The van der Waals surface area contributed by atoms with Gasteiger partial charge < -0.3 is 4.90 Å². The van der Waals surface area contributed by atoms with Crippen LogP contribution in [-0.4, -0.2) is 12.5 Å². The maximum atomic E-state index is 12.7. The SMILES string of the molecule is N#CC1(C(=O)N2CCc3ccccc32)CCCC1. The fourth-order valence-electron chi connectivity index (χ4n) is 3.16. The Morgan fingerprint density at radius 3 is 2.72 bits per heavy atom. The molecule has 0 atom stereocenters. The molecule has 0 N–H and O–H groups in total. The molecule has 1 saturated carbocycles. The van der Waals surface area contributed by atoms with E-state index in [4.69, 9.17) is 0 Å². The first-order valence-electron chi connectivity index (χ1n) is 6.58. The number of rotatable bonds is 1. The summed E-state index contributed by atoms with van der Waals surface area (Å²) >= 11 is 0. The molecule has 2 aliphatic rings. The van der Waals surface area contributed by atoms with Crippen LogP contribution in [0.5, 0.6) is 0 Å². The lowest BCUT2D eigenvalue weighted by Crippen LogP contribution is -2.41. The number of anilines is 1. The summed E-state index contributed by atoms with van der Waals surface area (Å²) in [4.78, 5) is 14.5. The molecule has 1 amide bonds. The van der Waals surface area contributed by atoms with Gasteiger partial charge in [0, 0.05) is 12.2 Å². The van der Waals surface area contributed by atoms with Gasteiger partial charge in [-0.1, -0.05) is 31.0 Å². The number of amides is 1. The maximum Gasteiger partial charge on any atom is 0.247 e. The van der Waals surface area contributed by atoms with Crippen LogP contribution < -0.4 is 4.90 Å². The molecule has 0 spiro atoms. The number of carbonyl (C=O) groups is 1. The fourth-order valence-corrected chi connectivity index (χ4v) is 3.16. The zero-order valence-corrected chi connectivity index (χ0v) is 10.4. The highest BCUT2D eigenvalue weighted by Gasteiger charge is 2.45. The highest BCUT2D eigenvalue weighted by atomic mass is 16.2. The van der Waals surface area contributed by atoms with Crippen LogP contribution in [0.2, 0.25) is 0 Å². The average molecular weight is 240 g/mol. The van der Waals surface area contributed by atoms with Gasteiger partial charge in [0.05, 0.1) is 6.07 Å². The summed E-state index contributed by atoms with van der Waals surface area (Å²) in [5, 5.41) is 9.40. The number of benzene rings is 1. The Labute approximate surface area is 107 Å². The van der Waals surface area contributed by atoms with Gasteiger partial charge in [-0.15, -0.1) is 0 Å². The lowest BCUT2D eigenvalue weighted by molar-refractivity contribution is -0.125. The lowest BCUT2D eigenvalue weighted by atomic mass is 9.86. The van der Waals surface area contributed by atoms with Gasteiger partial charge in [-0.05, 0) is 30.9 Å². The summed E-state index contributed by atoms with van der Waals surface area (Å²) in [7, 11) is 0. The molecule has 0 aromatic heterocycles. The number of hydrogen-bond acceptors (Lipinski definition) is 2. The molecule has 3 heteroatoms. The second-order valence-corrected chi connectivity index (χ2v) is 5.24. The molecule has 3 rings (SSSR count). The van der Waals surface area contributed by atoms with Crippen LogP contribution in [0.15, 0.2) is 24.3 Å². The van der Waals surface area contributed by atoms with Gasteiger partial charge in [0.25, 0.3) is 0 Å². The zero-order valence-electron chi connectivity index (χ0n) is 10.4. The van der Waals surface area contributed by atoms with Crippen molar-refractivity contribution in [1.29, 1.82) is 5.26 Å². The first-order valence-corrected chi connectivity index (χ1v) is 6.58. The molecule has 92 valence electrons. The number of carbonyl (C=O) groups excluding carboxylic acids is 1. The highest BCUT2D eigenvalue weighted by molar-refractivity contribution is 6.01. The summed E-state index contributed by atoms with van der Waals surface area (Å²) < 4.78 is 0. The number of para-hydroxylation sites is 1. The quantitative estimate of drug-likeness (QED) is 0.757. The van der Waals surface area contributed by atoms with Crippen LogP contribution in [-0.2, 0) is 11.2 Å². The van der Waals surface area contributed by atoms with E-state index >= 15 is 0 Å². The molecule has 1 aliphatic heterocycles. The van der Waals surface area contributed by atoms with Crippen molar-refractivity contribution in [1.82, 2.24) is 0 Å². The third-order valence-corrected chi connectivity index (χ3v) is 4.21. The predicted molar refractivity (Wildman–Crippen MR) is 69.0 cm³/mol. The smallest absolute Gasteiger partial charge is 0.247 e. The highest BCUT2D eigenvalue weighted by Crippen LogP contribution is 2.41. The minimum Gasteiger partial charge on any atom is -0.310 e. The van der Waals surface area contributed by atoms with Crippen LogP contribution in [0.4, 0.5) is 5.69 Å². The third kappa shape index (κ3) is 1.53. The van der Waals surface area contributed by atoms with Crippen LogP contribution in [0.25, 0.3) is 0 Å². The second-order valence-electron chi connectivity index (χ2n) is 5.24. The molecule has 1 aromatic carbocycles. The van der Waals surface area contributed by atoms with Crippen molar-refractivity contribution >= 4 is 11.6 Å². The van der Waals surface area contributed by atoms with Gasteiger partial charge in [0.1, 0.15) is 5.41 Å². The number of fused-ring (bicyclic) bond motifs is 1. The molecule has 1 aliphatic carbocycles. The molecule has 1 heterocycles. The molecule has 0 saturated heterocycles. The number of hydrogen-bond donors (Lipinski definition) is 0. The standard InChI is InChI=1S/C15H16N2O/c16-11-15(8-3-4-9-15)14(18)17-10-7-12-5-1-2-6-13(12)17/h1-2,5-6H,3-4,7-10H2. The van der Waals surface area contributed by atoms with Crippen molar-refractivity contribution in [3.8, 4) is 6.07 Å². The van der Waals surface area contributed by atoms with E-state index in [-0.39, 0.29) is 5.91 Å². The Balaban J connectivity index is 1.93. The average Bonchev–Trinajstić information content (AvgIpc) is 3.05. The summed E-state index contributed by atoms with van der Waals surface area (Å²) in [6.07, 6.45) is 4.34. The first kappa shape index (κ1) is 11.3. The van der Waals surface area contributed by atoms with E-state index in [9.17, 15) is 10.1 Å². The Hall–Kier alpha value is -1.82. The van der Waals surface area contributed by atoms with Gasteiger partial charge in [-0.25, -0.2) is 0 Å². The maximum absolute atomic E-state index is 12.7. The van der Waals surface area contributed by atoms with E-state index in [1.54, 1.807) is 0 Å². The summed E-state index contributed by atoms with van der Waals surface area (Å²) in [5.74, 6) is 0.0208. The number of nitrogens with zero attached hydrogens (tertiary/aromatic N) is 2. The Kier molecular flexibility index (Phi) is 2.59. The molecule has 0 unspecified atom stereocenters. The number of nitriles is 1. The van der Waals surface area contributed by atoms with E-state index < -0.39 is 5.41 Å². The van der Waals surface area contributed by atoms with E-state index in [1.165, 1.54) is 5.56 Å². The van der Waals surface area contributed by atoms with E-state index in [0.29, 0.717) is 0 Å². The van der Waals surface area contributed by atoms with Crippen molar-refractivity contribution in [2.75, 3.05) is 11.4 Å². The largest absolute Gasteiger partial charge is 0.310 e. The minimum absolute atomic E-state index is 0.0208. The summed E-state index contributed by atoms with van der Waals surface area (Å²) in [6, 6.07) is 10.3. The van der Waals surface area contributed by atoms with Gasteiger partial charge in [0.15, 0.2) is 0 Å². The van der Waals surface area contributed by atoms with E-state index in [1.807, 2.05) is 23.1 Å². The molecule has 18 heavy (non-hydrogen) atoms. The van der Waals surface area contributed by atoms with Crippen LogP contribution >= 0.6 is 0 Å². The van der Waals surface area contributed by atoms with Crippen LogP contribution in [0.1, 0.15) is 31.2 Å². The minimum atomic E-state index is -0.753. The zero-order chi connectivity index (χ0) is 12.6. The van der Waals surface area contributed by atoms with E-state index in [2.05, 4.69) is 12.1 Å². The lowest BCUT2D eigenvalue weighted by Gasteiger charge is -2.26. The summed E-state index contributed by atoms with van der Waals surface area (Å²) in [5.41, 5.74) is 1.47. The topological polar surface area (TPSA) is 44.1 Å². The van der Waals surface area contributed by atoms with Gasteiger partial charge >= 0.3 is 0 Å². The third-order valence-electron chi connectivity index (χ3n) is 4.21. The van der Waals surface area contributed by atoms with Crippen molar-refractivity contribution in [2.24, 2.45) is 5.41 Å². The van der Waals surface area contributed by atoms with Gasteiger partial charge in [-0.2, -0.15) is 5.26 Å². The molecule has 0 radical (unpaired) electrons. The fraction of sp³-hybridized carbons (Fsp3) is 0.467. The molecule has 0 bridgehead atoms. The van der Waals surface area contributed by atoms with E-state index in [0.717, 1.165) is 44.3 Å². The predicted octanol–water partition coefficient (Wildman–Crippen LogP) is 2.66. The Morgan fingerprint density at radius 1 is 1.28 bits per heavy atom. The summed E-state index contributed by atoms with van der Waals surface area (Å²) in [6.45, 7) is 0.724. The van der Waals surface area contributed by atoms with Crippen LogP contribution in [0, 0.1) is 16.7 Å². The van der Waals surface area contributed by atoms with Crippen molar-refractivity contribution in [3.05, 3.63) is 29.8 Å². The van der Waals surface area contributed by atoms with Gasteiger partial charge in [-0.3, -0.25) is 4.79 Å². The Bertz CT molecular complexity index is 524. The van der Waals surface area contributed by atoms with Crippen LogP contribution in [0.3, 0.4) is 0 Å². The molecular weight excluding hydrogens is 224 g/mol. The van der Waals surface area contributed by atoms with Crippen molar-refractivity contribution in [3.63, 3.8) is 0 Å². The molecule has 1 fully saturated rings. The second kappa shape index (κ2) is 4.13. The van der Waals surface area contributed by atoms with Crippen molar-refractivity contribution < 1.29 is 4.79 Å². The monoisotopic (exact) mass is 240 g/mol. The first-order chi connectivity index (χ1) is 8.77. The van der Waals surface area contributed by atoms with Crippen molar-refractivity contribution in [2.45, 2.75) is 32.1 Å². The Morgan fingerprint density at radius 2 is 2.00 bits per heavy atom. The molecular formula is C15H16N2O. The molecule has 1 aromatic rings. The van der Waals surface area contributed by atoms with Gasteiger partial charge in [0.2, 0.25) is 5.91 Å². The normalized spacial score (nSPS) is 20.5. The molecule has 3 nitrogen and oxygen atoms in total.